The van der Waals surface area contributed by atoms with E-state index in [1.54, 1.807) is 18.0 Å². The molecule has 6 heteroatoms. The Bertz CT molecular complexity index is 722. The fourth-order valence-corrected chi connectivity index (χ4v) is 3.67. The van der Waals surface area contributed by atoms with Crippen molar-refractivity contribution in [3.05, 3.63) is 40.6 Å². The van der Waals surface area contributed by atoms with Gasteiger partial charge in [-0.1, -0.05) is 31.7 Å². The van der Waals surface area contributed by atoms with Gasteiger partial charge in [-0.3, -0.25) is 4.68 Å². The minimum atomic E-state index is 0.406. The Morgan fingerprint density at radius 2 is 2.21 bits per heavy atom. The largest absolute Gasteiger partial charge is 0.485 e. The minimum absolute atomic E-state index is 0.406. The molecule has 5 nitrogen and oxygen atoms in total. The summed E-state index contributed by atoms with van der Waals surface area (Å²) in [5.74, 6) is 1.53. The second-order valence-electron chi connectivity index (χ2n) is 5.98. The Morgan fingerprint density at radius 3 is 2.83 bits per heavy atom. The molecule has 130 valence electrons. The predicted octanol–water partition coefficient (Wildman–Crippen LogP) is 4.42. The van der Waals surface area contributed by atoms with E-state index >= 15 is 0 Å². The maximum Gasteiger partial charge on any atom is 0.166 e. The quantitative estimate of drug-likeness (QED) is 0.752. The van der Waals surface area contributed by atoms with E-state index in [1.165, 1.54) is 4.91 Å². The lowest BCUT2D eigenvalue weighted by atomic mass is 10.2. The highest BCUT2D eigenvalue weighted by Gasteiger charge is 2.17. The van der Waals surface area contributed by atoms with Crippen LogP contribution < -0.4 is 10.5 Å². The van der Waals surface area contributed by atoms with Gasteiger partial charge in [0.25, 0.3) is 0 Å². The van der Waals surface area contributed by atoms with E-state index in [9.17, 15) is 0 Å². The van der Waals surface area contributed by atoms with Gasteiger partial charge < -0.3 is 10.5 Å². The lowest BCUT2D eigenvalue weighted by Crippen LogP contribution is -2.03. The predicted molar refractivity (Wildman–Crippen MR) is 100 cm³/mol. The van der Waals surface area contributed by atoms with Gasteiger partial charge in [-0.2, -0.15) is 5.10 Å². The van der Waals surface area contributed by atoms with E-state index in [4.69, 9.17) is 10.5 Å². The summed E-state index contributed by atoms with van der Waals surface area (Å²) in [6, 6.07) is 3.65. The topological polar surface area (TPSA) is 66.0 Å². The molecule has 0 radical (unpaired) electrons. The molecule has 0 amide bonds. The number of nitrogens with zero attached hydrogens (tertiary/aromatic N) is 3. The summed E-state index contributed by atoms with van der Waals surface area (Å²) in [5, 5.41) is 5.77. The number of aromatic nitrogens is 3. The number of pyridine rings is 1. The van der Waals surface area contributed by atoms with Gasteiger partial charge in [0.2, 0.25) is 0 Å². The molecule has 0 spiro atoms. The van der Waals surface area contributed by atoms with Crippen LogP contribution in [0.3, 0.4) is 0 Å². The molecular formula is C18H26N4OS. The van der Waals surface area contributed by atoms with Gasteiger partial charge in [-0.25, -0.2) is 4.98 Å². The van der Waals surface area contributed by atoms with Crippen molar-refractivity contribution in [2.45, 2.75) is 52.8 Å². The summed E-state index contributed by atoms with van der Waals surface area (Å²) in [6.45, 7) is 11.9. The maximum absolute atomic E-state index is 5.89. The molecule has 24 heavy (non-hydrogen) atoms. The molecular weight excluding hydrogens is 320 g/mol. The van der Waals surface area contributed by atoms with Gasteiger partial charge in [0.05, 0.1) is 5.69 Å². The molecule has 2 N–H and O–H groups in total. The molecule has 0 atom stereocenters. The summed E-state index contributed by atoms with van der Waals surface area (Å²) >= 11 is 1.74. The second kappa shape index (κ2) is 8.24. The van der Waals surface area contributed by atoms with Crippen LogP contribution in [-0.4, -0.2) is 14.8 Å². The summed E-state index contributed by atoms with van der Waals surface area (Å²) < 4.78 is 7.92. The average Bonchev–Trinajstić information content (AvgIpc) is 2.81. The first-order chi connectivity index (χ1) is 11.4. The molecule has 0 aliphatic carbocycles. The Hall–Kier alpha value is -1.95. The van der Waals surface area contributed by atoms with Crippen LogP contribution >= 0.6 is 11.8 Å². The molecule has 0 saturated carbocycles. The summed E-state index contributed by atoms with van der Waals surface area (Å²) in [7, 11) is 0. The maximum atomic E-state index is 5.89. The van der Waals surface area contributed by atoms with Crippen LogP contribution in [-0.2, 0) is 13.2 Å². The first-order valence-electron chi connectivity index (χ1n) is 8.18. The zero-order valence-electron chi connectivity index (χ0n) is 15.0. The number of aryl methyl sites for hydroxylation is 2. The van der Waals surface area contributed by atoms with Crippen LogP contribution in [0, 0.1) is 12.8 Å². The van der Waals surface area contributed by atoms with E-state index in [2.05, 4.69) is 43.9 Å². The third-order valence-electron chi connectivity index (χ3n) is 3.50. The molecule has 0 aliphatic rings. The summed E-state index contributed by atoms with van der Waals surface area (Å²) in [6.07, 6.45) is 3.92. The van der Waals surface area contributed by atoms with Crippen molar-refractivity contribution in [1.82, 2.24) is 14.8 Å². The van der Waals surface area contributed by atoms with Gasteiger partial charge >= 0.3 is 0 Å². The molecule has 0 fully saturated rings. The molecule has 2 aromatic heterocycles. The number of rotatable bonds is 7. The van der Waals surface area contributed by atoms with Gasteiger partial charge in [-0.15, -0.1) is 0 Å². The summed E-state index contributed by atoms with van der Waals surface area (Å²) in [5.41, 5.74) is 7.94. The second-order valence-corrected chi connectivity index (χ2v) is 7.22. The standard InChI is InChI=1S/C18H26N4OS/c1-6-22-18(24-13(4)10-12(2)3)15(14(5)21-22)11-23-16-8-7-9-20-17(16)19/h7-10,12H,6,11H2,1-5H3,(H2,19,20)/b13-10+. The number of anilines is 1. The average molecular weight is 347 g/mol. The lowest BCUT2D eigenvalue weighted by molar-refractivity contribution is 0.302. The van der Waals surface area contributed by atoms with E-state index in [-0.39, 0.29) is 0 Å². The van der Waals surface area contributed by atoms with Gasteiger partial charge in [0, 0.05) is 18.3 Å². The third-order valence-corrected chi connectivity index (χ3v) is 4.61. The monoisotopic (exact) mass is 346 g/mol. The number of thioether (sulfide) groups is 1. The number of hydrogen-bond acceptors (Lipinski definition) is 5. The number of allylic oxidation sites excluding steroid dienone is 2. The molecule has 2 heterocycles. The number of hydrogen-bond donors (Lipinski definition) is 1. The van der Waals surface area contributed by atoms with Crippen molar-refractivity contribution in [3.63, 3.8) is 0 Å². The molecule has 2 rings (SSSR count). The highest BCUT2D eigenvalue weighted by molar-refractivity contribution is 8.03. The lowest BCUT2D eigenvalue weighted by Gasteiger charge is -2.11. The highest BCUT2D eigenvalue weighted by atomic mass is 32.2. The number of ether oxygens (including phenoxy) is 1. The van der Waals surface area contributed by atoms with Crippen LogP contribution in [0.2, 0.25) is 0 Å². The zero-order valence-corrected chi connectivity index (χ0v) is 15.9. The highest BCUT2D eigenvalue weighted by Crippen LogP contribution is 2.33. The first-order valence-corrected chi connectivity index (χ1v) is 8.99. The van der Waals surface area contributed by atoms with E-state index < -0.39 is 0 Å². The van der Waals surface area contributed by atoms with Crippen molar-refractivity contribution >= 4 is 17.6 Å². The van der Waals surface area contributed by atoms with Crippen LogP contribution in [0.1, 0.15) is 39.0 Å². The number of nitrogen functional groups attached to an aromatic ring is 1. The van der Waals surface area contributed by atoms with Crippen molar-refractivity contribution < 1.29 is 4.74 Å². The molecule has 0 aliphatic heterocycles. The fourth-order valence-electron chi connectivity index (χ4n) is 2.42. The number of nitrogens with two attached hydrogens (primary N) is 1. The van der Waals surface area contributed by atoms with Gasteiger partial charge in [-0.05, 0) is 43.7 Å². The fraction of sp³-hybridized carbons (Fsp3) is 0.444. The Balaban J connectivity index is 2.25. The molecule has 0 unspecified atom stereocenters. The zero-order chi connectivity index (χ0) is 17.7. The summed E-state index contributed by atoms with van der Waals surface area (Å²) in [4.78, 5) is 5.32. The third kappa shape index (κ3) is 4.54. The van der Waals surface area contributed by atoms with Gasteiger partial charge in [0.15, 0.2) is 11.6 Å². The first kappa shape index (κ1) is 18.4. The van der Waals surface area contributed by atoms with Crippen molar-refractivity contribution in [2.75, 3.05) is 5.73 Å². The van der Waals surface area contributed by atoms with Gasteiger partial charge in [0.1, 0.15) is 11.6 Å². The van der Waals surface area contributed by atoms with Crippen molar-refractivity contribution in [3.8, 4) is 5.75 Å². The van der Waals surface area contributed by atoms with E-state index in [1.807, 2.05) is 23.7 Å². The van der Waals surface area contributed by atoms with Crippen LogP contribution in [0.25, 0.3) is 0 Å². The van der Waals surface area contributed by atoms with Crippen LogP contribution in [0.15, 0.2) is 34.3 Å². The van der Waals surface area contributed by atoms with E-state index in [0.29, 0.717) is 24.1 Å². The minimum Gasteiger partial charge on any atom is -0.485 e. The Kier molecular flexibility index (Phi) is 6.31. The van der Waals surface area contributed by atoms with Crippen LogP contribution in [0.4, 0.5) is 5.82 Å². The SMILES string of the molecule is CCn1nc(C)c(COc2cccnc2N)c1S/C(C)=C/C(C)C. The Labute approximate surface area is 148 Å². The van der Waals surface area contributed by atoms with Crippen LogP contribution in [0.5, 0.6) is 5.75 Å². The smallest absolute Gasteiger partial charge is 0.166 e. The normalized spacial score (nSPS) is 12.0. The van der Waals surface area contributed by atoms with Crippen molar-refractivity contribution in [1.29, 1.82) is 0 Å². The van der Waals surface area contributed by atoms with E-state index in [0.717, 1.165) is 22.8 Å². The molecule has 0 bridgehead atoms. The molecule has 2 aromatic rings. The molecule has 0 saturated heterocycles. The Morgan fingerprint density at radius 1 is 1.46 bits per heavy atom. The molecule has 0 aromatic carbocycles. The van der Waals surface area contributed by atoms with Crippen molar-refractivity contribution in [2.24, 2.45) is 5.92 Å².